The van der Waals surface area contributed by atoms with Crippen molar-refractivity contribution in [3.63, 3.8) is 0 Å². The van der Waals surface area contributed by atoms with Gasteiger partial charge in [-0.05, 0) is 95.3 Å². The molecule has 1 heterocycles. The van der Waals surface area contributed by atoms with E-state index >= 15 is 0 Å². The van der Waals surface area contributed by atoms with Crippen LogP contribution < -0.4 is 5.32 Å². The van der Waals surface area contributed by atoms with Crippen molar-refractivity contribution in [3.05, 3.63) is 0 Å². The van der Waals surface area contributed by atoms with Crippen molar-refractivity contribution >= 4 is 18.0 Å². The summed E-state index contributed by atoms with van der Waals surface area (Å²) < 4.78 is 10.7. The Kier molecular flexibility index (Phi) is 6.23. The summed E-state index contributed by atoms with van der Waals surface area (Å²) in [6.07, 6.45) is 8.62. The number of carbonyl (C=O) groups is 3. The zero-order valence-electron chi connectivity index (χ0n) is 19.3. The van der Waals surface area contributed by atoms with Crippen molar-refractivity contribution in [2.24, 2.45) is 29.1 Å². The summed E-state index contributed by atoms with van der Waals surface area (Å²) in [6.45, 7) is 6.95. The van der Waals surface area contributed by atoms with Gasteiger partial charge in [-0.1, -0.05) is 0 Å². The van der Waals surface area contributed by atoms with Crippen LogP contribution in [0.1, 0.15) is 72.1 Å². The fourth-order valence-corrected chi connectivity index (χ4v) is 6.72. The number of likely N-dealkylation sites (tertiary alicyclic amines) is 1. The highest BCUT2D eigenvalue weighted by Gasteiger charge is 2.50. The lowest BCUT2D eigenvalue weighted by Gasteiger charge is -2.56. The molecule has 0 atom stereocenters. The molecule has 31 heavy (non-hydrogen) atoms. The Hall–Kier alpha value is -1.79. The minimum Gasteiger partial charge on any atom is -0.455 e. The molecular formula is C24H38N2O5. The lowest BCUT2D eigenvalue weighted by Crippen LogP contribution is -2.51. The Labute approximate surface area is 185 Å². The first kappa shape index (κ1) is 22.4. The van der Waals surface area contributed by atoms with Crippen LogP contribution in [0.25, 0.3) is 0 Å². The number of ether oxygens (including phenoxy) is 2. The molecule has 0 aromatic rings. The molecule has 5 rings (SSSR count). The number of esters is 1. The van der Waals surface area contributed by atoms with E-state index in [4.69, 9.17) is 9.47 Å². The molecular weight excluding hydrogens is 396 g/mol. The third-order valence-electron chi connectivity index (χ3n) is 7.65. The molecule has 1 N–H and O–H groups in total. The van der Waals surface area contributed by atoms with Crippen LogP contribution in [0.3, 0.4) is 0 Å². The number of piperidine rings is 1. The van der Waals surface area contributed by atoms with Gasteiger partial charge in [0.1, 0.15) is 5.60 Å². The molecule has 2 amide bonds. The first-order valence-corrected chi connectivity index (χ1v) is 12.0. The van der Waals surface area contributed by atoms with Gasteiger partial charge in [-0.25, -0.2) is 4.79 Å². The Bertz CT molecular complexity index is 670. The number of rotatable bonds is 5. The largest absolute Gasteiger partial charge is 0.455 e. The van der Waals surface area contributed by atoms with Gasteiger partial charge >= 0.3 is 12.1 Å². The Morgan fingerprint density at radius 3 is 2.03 bits per heavy atom. The molecule has 5 aliphatic rings. The van der Waals surface area contributed by atoms with Crippen LogP contribution in [-0.2, 0) is 19.1 Å². The van der Waals surface area contributed by atoms with E-state index in [0.717, 1.165) is 24.3 Å². The molecule has 1 aliphatic heterocycles. The van der Waals surface area contributed by atoms with Crippen LogP contribution in [0.2, 0.25) is 0 Å². The zero-order chi connectivity index (χ0) is 22.2. The molecule has 1 saturated heterocycles. The number of nitrogens with zero attached hydrogens (tertiary/aromatic N) is 1. The maximum atomic E-state index is 12.4. The predicted molar refractivity (Wildman–Crippen MR) is 115 cm³/mol. The third kappa shape index (κ3) is 5.53. The summed E-state index contributed by atoms with van der Waals surface area (Å²) >= 11 is 0. The maximum Gasteiger partial charge on any atom is 0.410 e. The highest BCUT2D eigenvalue weighted by Crippen LogP contribution is 2.59. The van der Waals surface area contributed by atoms with Gasteiger partial charge in [0, 0.05) is 19.6 Å². The fourth-order valence-electron chi connectivity index (χ4n) is 6.72. The van der Waals surface area contributed by atoms with Crippen molar-refractivity contribution in [2.45, 2.75) is 77.7 Å². The van der Waals surface area contributed by atoms with E-state index in [1.165, 1.54) is 38.5 Å². The van der Waals surface area contributed by atoms with Crippen LogP contribution in [0.4, 0.5) is 4.79 Å². The van der Waals surface area contributed by atoms with Gasteiger partial charge in [0.05, 0.1) is 5.92 Å². The SMILES string of the molecule is CC(C)(C)OC(=O)N1CCC(C(=O)OCC(=O)NCC23CC4CC(CC(C4)C2)C3)CC1. The number of nitrogens with one attached hydrogen (secondary N) is 1. The average Bonchev–Trinajstić information content (AvgIpc) is 2.68. The summed E-state index contributed by atoms with van der Waals surface area (Å²) in [7, 11) is 0. The zero-order valence-corrected chi connectivity index (χ0v) is 19.3. The quantitative estimate of drug-likeness (QED) is 0.670. The van der Waals surface area contributed by atoms with Crippen LogP contribution in [-0.4, -0.2) is 54.7 Å². The van der Waals surface area contributed by atoms with Gasteiger partial charge < -0.3 is 19.7 Å². The average molecular weight is 435 g/mol. The summed E-state index contributed by atoms with van der Waals surface area (Å²) in [5, 5.41) is 3.06. The second kappa shape index (κ2) is 8.62. The molecule has 0 aromatic carbocycles. The molecule has 0 aromatic heterocycles. The van der Waals surface area contributed by atoms with Crippen molar-refractivity contribution in [3.8, 4) is 0 Å². The molecule has 4 saturated carbocycles. The van der Waals surface area contributed by atoms with Crippen molar-refractivity contribution in [1.82, 2.24) is 10.2 Å². The first-order chi connectivity index (χ1) is 14.6. The molecule has 0 radical (unpaired) electrons. The molecule has 5 fully saturated rings. The lowest BCUT2D eigenvalue weighted by molar-refractivity contribution is -0.154. The van der Waals surface area contributed by atoms with E-state index < -0.39 is 5.60 Å². The number of hydrogen-bond donors (Lipinski definition) is 1. The normalized spacial score (nSPS) is 32.6. The highest BCUT2D eigenvalue weighted by atomic mass is 16.6. The van der Waals surface area contributed by atoms with E-state index in [0.29, 0.717) is 25.9 Å². The number of hydrogen-bond acceptors (Lipinski definition) is 5. The molecule has 4 bridgehead atoms. The summed E-state index contributed by atoms with van der Waals surface area (Å²) in [5.74, 6) is 1.76. The van der Waals surface area contributed by atoms with Gasteiger partial charge in [0.15, 0.2) is 6.61 Å². The topological polar surface area (TPSA) is 84.9 Å². The van der Waals surface area contributed by atoms with Crippen LogP contribution in [0.15, 0.2) is 0 Å². The number of carbonyl (C=O) groups excluding carboxylic acids is 3. The fraction of sp³-hybridized carbons (Fsp3) is 0.875. The molecule has 0 unspecified atom stereocenters. The standard InChI is InChI=1S/C24H38N2O5/c1-23(2,3)31-22(29)26-6-4-19(5-7-26)21(28)30-14-20(27)25-15-24-11-16-8-17(12-24)10-18(9-16)13-24/h16-19H,4-15H2,1-3H3,(H,25,27). The van der Waals surface area contributed by atoms with E-state index in [1.807, 2.05) is 20.8 Å². The summed E-state index contributed by atoms with van der Waals surface area (Å²) in [4.78, 5) is 38.5. The van der Waals surface area contributed by atoms with E-state index in [1.54, 1.807) is 4.90 Å². The van der Waals surface area contributed by atoms with Crippen molar-refractivity contribution in [2.75, 3.05) is 26.2 Å². The summed E-state index contributed by atoms with van der Waals surface area (Å²) in [6, 6.07) is 0. The van der Waals surface area contributed by atoms with E-state index in [-0.39, 0.29) is 35.9 Å². The Morgan fingerprint density at radius 2 is 1.52 bits per heavy atom. The molecule has 7 heteroatoms. The van der Waals surface area contributed by atoms with Gasteiger partial charge in [-0.15, -0.1) is 0 Å². The Morgan fingerprint density at radius 1 is 0.968 bits per heavy atom. The van der Waals surface area contributed by atoms with Gasteiger partial charge in [-0.3, -0.25) is 9.59 Å². The van der Waals surface area contributed by atoms with Crippen LogP contribution >= 0.6 is 0 Å². The van der Waals surface area contributed by atoms with Crippen molar-refractivity contribution < 1.29 is 23.9 Å². The predicted octanol–water partition coefficient (Wildman–Crippen LogP) is 3.51. The molecule has 7 nitrogen and oxygen atoms in total. The van der Waals surface area contributed by atoms with Gasteiger partial charge in [-0.2, -0.15) is 0 Å². The minimum atomic E-state index is -0.531. The van der Waals surface area contributed by atoms with Crippen molar-refractivity contribution in [1.29, 1.82) is 0 Å². The van der Waals surface area contributed by atoms with Gasteiger partial charge in [0.2, 0.25) is 0 Å². The minimum absolute atomic E-state index is 0.199. The second-order valence-corrected chi connectivity index (χ2v) is 11.5. The van der Waals surface area contributed by atoms with E-state index in [2.05, 4.69) is 5.32 Å². The summed E-state index contributed by atoms with van der Waals surface area (Å²) in [5.41, 5.74) is -0.251. The molecule has 174 valence electrons. The highest BCUT2D eigenvalue weighted by molar-refractivity contribution is 5.81. The second-order valence-electron chi connectivity index (χ2n) is 11.5. The maximum absolute atomic E-state index is 12.4. The van der Waals surface area contributed by atoms with E-state index in [9.17, 15) is 14.4 Å². The lowest BCUT2D eigenvalue weighted by atomic mass is 9.49. The third-order valence-corrected chi connectivity index (χ3v) is 7.65. The molecule has 4 aliphatic carbocycles. The molecule has 0 spiro atoms. The van der Waals surface area contributed by atoms with Crippen LogP contribution in [0.5, 0.6) is 0 Å². The smallest absolute Gasteiger partial charge is 0.410 e. The van der Waals surface area contributed by atoms with Gasteiger partial charge in [0.25, 0.3) is 5.91 Å². The first-order valence-electron chi connectivity index (χ1n) is 12.0. The number of amides is 2. The van der Waals surface area contributed by atoms with Crippen LogP contribution in [0, 0.1) is 29.1 Å². The monoisotopic (exact) mass is 434 g/mol. The Balaban J connectivity index is 1.15.